The highest BCUT2D eigenvalue weighted by atomic mass is 32.2. The lowest BCUT2D eigenvalue weighted by Crippen LogP contribution is -3.13. The Morgan fingerprint density at radius 2 is 1.79 bits per heavy atom. The van der Waals surface area contributed by atoms with Crippen LogP contribution in [-0.4, -0.2) is 57.3 Å². The fraction of sp³-hybridized carbons (Fsp3) is 0.526. The van der Waals surface area contributed by atoms with Gasteiger partial charge in [-0.3, -0.25) is 0 Å². The first-order chi connectivity index (χ1) is 13.4. The largest absolute Gasteiger partial charge is 0.490 e. The van der Waals surface area contributed by atoms with Crippen molar-refractivity contribution in [2.24, 2.45) is 0 Å². The average molecular weight is 411 g/mol. The maximum absolute atomic E-state index is 13.1. The minimum atomic E-state index is -3.58. The molecule has 8 nitrogen and oxygen atoms in total. The topological polar surface area (TPSA) is 86.3 Å². The molecule has 0 saturated carbocycles. The fourth-order valence-electron chi connectivity index (χ4n) is 3.32. The smallest absolute Gasteiger partial charge is 0.243 e. The summed E-state index contributed by atoms with van der Waals surface area (Å²) in [5.74, 6) is 1.80. The van der Waals surface area contributed by atoms with E-state index in [1.807, 2.05) is 26.8 Å². The van der Waals surface area contributed by atoms with Crippen LogP contribution in [0.4, 0.5) is 0 Å². The van der Waals surface area contributed by atoms with E-state index in [9.17, 15) is 8.42 Å². The summed E-state index contributed by atoms with van der Waals surface area (Å²) >= 11 is 0. The average Bonchev–Trinajstić information content (AvgIpc) is 3.08. The molecule has 1 aliphatic rings. The molecule has 154 valence electrons. The summed E-state index contributed by atoms with van der Waals surface area (Å²) in [6.45, 7) is 9.64. The molecule has 0 spiro atoms. The Kier molecular flexibility index (Phi) is 6.58. The van der Waals surface area contributed by atoms with E-state index in [0.29, 0.717) is 37.8 Å². The van der Waals surface area contributed by atoms with Crippen molar-refractivity contribution in [2.45, 2.75) is 32.2 Å². The van der Waals surface area contributed by atoms with Crippen LogP contribution in [0, 0.1) is 6.92 Å². The number of aromatic nitrogens is 1. The van der Waals surface area contributed by atoms with E-state index in [1.54, 1.807) is 18.2 Å². The number of benzene rings is 1. The molecule has 28 heavy (non-hydrogen) atoms. The van der Waals surface area contributed by atoms with E-state index in [4.69, 9.17) is 14.0 Å². The zero-order valence-electron chi connectivity index (χ0n) is 16.6. The minimum Gasteiger partial charge on any atom is -0.490 e. The summed E-state index contributed by atoms with van der Waals surface area (Å²) in [6, 6.07) is 6.72. The Balaban J connectivity index is 1.68. The first-order valence-electron chi connectivity index (χ1n) is 9.59. The zero-order valence-corrected chi connectivity index (χ0v) is 17.4. The third-order valence-corrected chi connectivity index (χ3v) is 6.58. The number of hydrogen-bond acceptors (Lipinski definition) is 6. The molecule has 0 unspecified atom stereocenters. The SMILES string of the molecule is CCOc1ccc(S(=O)(=O)N2CC[NH+](Cc3cc(C)on3)CC2)cc1OCC. The van der Waals surface area contributed by atoms with Gasteiger partial charge in [0.15, 0.2) is 11.5 Å². The highest BCUT2D eigenvalue weighted by Gasteiger charge is 2.31. The molecule has 0 atom stereocenters. The standard InChI is InChI=1S/C19H27N3O5S/c1-4-25-18-7-6-17(13-19(18)26-5-2)28(23,24)22-10-8-21(9-11-22)14-16-12-15(3)27-20-16/h6-7,12-13H,4-5,8-11,14H2,1-3H3/p+1. The van der Waals surface area contributed by atoms with Crippen LogP contribution in [0.3, 0.4) is 0 Å². The van der Waals surface area contributed by atoms with Gasteiger partial charge < -0.3 is 18.9 Å². The van der Waals surface area contributed by atoms with Gasteiger partial charge in [-0.25, -0.2) is 8.42 Å². The van der Waals surface area contributed by atoms with Gasteiger partial charge in [-0.15, -0.1) is 0 Å². The van der Waals surface area contributed by atoms with E-state index in [-0.39, 0.29) is 4.90 Å². The molecule has 1 saturated heterocycles. The van der Waals surface area contributed by atoms with Crippen molar-refractivity contribution < 1.29 is 27.3 Å². The van der Waals surface area contributed by atoms with Gasteiger partial charge in [-0.1, -0.05) is 5.16 Å². The van der Waals surface area contributed by atoms with Crippen LogP contribution >= 0.6 is 0 Å². The lowest BCUT2D eigenvalue weighted by molar-refractivity contribution is -0.917. The van der Waals surface area contributed by atoms with Gasteiger partial charge in [0.25, 0.3) is 0 Å². The Bertz CT molecular complexity index is 889. The third kappa shape index (κ3) is 4.65. The Labute approximate surface area is 166 Å². The molecule has 1 N–H and O–H groups in total. The highest BCUT2D eigenvalue weighted by molar-refractivity contribution is 7.89. The first kappa shape index (κ1) is 20.6. The molecule has 1 aromatic heterocycles. The molecule has 0 aliphatic carbocycles. The predicted octanol–water partition coefficient (Wildman–Crippen LogP) is 0.870. The van der Waals surface area contributed by atoms with Gasteiger partial charge in [0.1, 0.15) is 18.0 Å². The fourth-order valence-corrected chi connectivity index (χ4v) is 4.78. The van der Waals surface area contributed by atoms with E-state index in [1.165, 1.54) is 9.21 Å². The Hall–Kier alpha value is -2.10. The molecule has 1 fully saturated rings. The van der Waals surface area contributed by atoms with Gasteiger partial charge in [0.2, 0.25) is 10.0 Å². The molecule has 0 amide bonds. The number of ether oxygens (including phenoxy) is 2. The number of piperazine rings is 1. The van der Waals surface area contributed by atoms with Crippen molar-refractivity contribution in [3.8, 4) is 11.5 Å². The second-order valence-electron chi connectivity index (χ2n) is 6.73. The maximum Gasteiger partial charge on any atom is 0.243 e. The second kappa shape index (κ2) is 8.93. The first-order valence-corrected chi connectivity index (χ1v) is 11.0. The van der Waals surface area contributed by atoms with Crippen LogP contribution in [0.1, 0.15) is 25.3 Å². The van der Waals surface area contributed by atoms with Gasteiger partial charge >= 0.3 is 0 Å². The number of quaternary nitrogens is 1. The minimum absolute atomic E-state index is 0.231. The van der Waals surface area contributed by atoms with Crippen molar-refractivity contribution in [3.05, 3.63) is 35.7 Å². The number of nitrogens with one attached hydrogen (secondary N) is 1. The lowest BCUT2D eigenvalue weighted by atomic mass is 10.3. The zero-order chi connectivity index (χ0) is 20.1. The number of rotatable bonds is 8. The summed E-state index contributed by atoms with van der Waals surface area (Å²) in [7, 11) is -3.58. The van der Waals surface area contributed by atoms with Crippen LogP contribution in [0.5, 0.6) is 11.5 Å². The van der Waals surface area contributed by atoms with Crippen molar-refractivity contribution in [2.75, 3.05) is 39.4 Å². The van der Waals surface area contributed by atoms with Crippen LogP contribution in [0.2, 0.25) is 0 Å². The molecule has 2 heterocycles. The van der Waals surface area contributed by atoms with Gasteiger partial charge in [0, 0.05) is 12.1 Å². The highest BCUT2D eigenvalue weighted by Crippen LogP contribution is 2.31. The van der Waals surface area contributed by atoms with Crippen molar-refractivity contribution >= 4 is 10.0 Å². The van der Waals surface area contributed by atoms with Crippen LogP contribution in [-0.2, 0) is 16.6 Å². The van der Waals surface area contributed by atoms with Gasteiger partial charge in [-0.05, 0) is 32.9 Å². The molecule has 0 bridgehead atoms. The van der Waals surface area contributed by atoms with Gasteiger partial charge in [-0.2, -0.15) is 4.31 Å². The molecule has 0 radical (unpaired) electrons. The summed E-state index contributed by atoms with van der Waals surface area (Å²) in [6.07, 6.45) is 0. The van der Waals surface area contributed by atoms with E-state index >= 15 is 0 Å². The van der Waals surface area contributed by atoms with Gasteiger partial charge in [0.05, 0.1) is 44.3 Å². The number of sulfonamides is 1. The van der Waals surface area contributed by atoms with E-state index < -0.39 is 10.0 Å². The van der Waals surface area contributed by atoms with Crippen LogP contribution < -0.4 is 14.4 Å². The third-order valence-electron chi connectivity index (χ3n) is 4.69. The van der Waals surface area contributed by atoms with Crippen molar-refractivity contribution in [1.29, 1.82) is 0 Å². The second-order valence-corrected chi connectivity index (χ2v) is 8.67. The summed E-state index contributed by atoms with van der Waals surface area (Å²) in [4.78, 5) is 1.52. The predicted molar refractivity (Wildman–Crippen MR) is 103 cm³/mol. The molecular weight excluding hydrogens is 382 g/mol. The molecule has 1 aromatic carbocycles. The molecule has 3 rings (SSSR count). The summed E-state index contributed by atoms with van der Waals surface area (Å²) < 4.78 is 43.9. The van der Waals surface area contributed by atoms with E-state index in [0.717, 1.165) is 31.1 Å². The van der Waals surface area contributed by atoms with Crippen molar-refractivity contribution in [1.82, 2.24) is 9.46 Å². The normalized spacial score (nSPS) is 16.2. The molecule has 2 aromatic rings. The quantitative estimate of drug-likeness (QED) is 0.695. The molecule has 1 aliphatic heterocycles. The monoisotopic (exact) mass is 410 g/mol. The number of nitrogens with zero attached hydrogens (tertiary/aromatic N) is 2. The van der Waals surface area contributed by atoms with Crippen LogP contribution in [0.25, 0.3) is 0 Å². The van der Waals surface area contributed by atoms with E-state index in [2.05, 4.69) is 5.16 Å². The van der Waals surface area contributed by atoms with Crippen LogP contribution in [0.15, 0.2) is 33.7 Å². The number of aryl methyl sites for hydroxylation is 1. The summed E-state index contributed by atoms with van der Waals surface area (Å²) in [5, 5.41) is 4.02. The molecular formula is C19H28N3O5S+. The molecule has 9 heteroatoms. The lowest BCUT2D eigenvalue weighted by Gasteiger charge is -2.31. The maximum atomic E-state index is 13.1. The Morgan fingerprint density at radius 1 is 1.11 bits per heavy atom. The number of hydrogen-bond donors (Lipinski definition) is 1. The summed E-state index contributed by atoms with van der Waals surface area (Å²) in [5.41, 5.74) is 0.900. The van der Waals surface area contributed by atoms with Crippen molar-refractivity contribution in [3.63, 3.8) is 0 Å². The Morgan fingerprint density at radius 3 is 2.39 bits per heavy atom.